The second kappa shape index (κ2) is 8.08. The monoisotopic (exact) mass is 288 g/mol. The van der Waals surface area contributed by atoms with E-state index >= 15 is 0 Å². The van der Waals surface area contributed by atoms with Gasteiger partial charge in [0.25, 0.3) is 0 Å². The summed E-state index contributed by atoms with van der Waals surface area (Å²) in [6.45, 7) is 13.2. The molecule has 0 spiro atoms. The van der Waals surface area contributed by atoms with Gasteiger partial charge in [0.2, 0.25) is 0 Å². The minimum absolute atomic E-state index is 0.573. The zero-order chi connectivity index (χ0) is 15.1. The smallest absolute Gasteiger partial charge is 0.127 e. The fourth-order valence-corrected chi connectivity index (χ4v) is 3.01. The summed E-state index contributed by atoms with van der Waals surface area (Å²) in [7, 11) is 0. The Bertz CT molecular complexity index is 448. The molecule has 21 heavy (non-hydrogen) atoms. The van der Waals surface area contributed by atoms with Gasteiger partial charge < -0.3 is 15.0 Å². The van der Waals surface area contributed by atoms with E-state index in [-0.39, 0.29) is 0 Å². The molecule has 1 N–H and O–H groups in total. The number of nitrogens with one attached hydrogen (secondary N) is 1. The first-order valence-electron chi connectivity index (χ1n) is 8.11. The highest BCUT2D eigenvalue weighted by Gasteiger charge is 2.18. The van der Waals surface area contributed by atoms with E-state index in [1.807, 2.05) is 0 Å². The molecule has 1 aromatic carbocycles. The van der Waals surface area contributed by atoms with Crippen molar-refractivity contribution in [3.05, 3.63) is 42.1 Å². The van der Waals surface area contributed by atoms with E-state index in [0.29, 0.717) is 12.5 Å². The summed E-state index contributed by atoms with van der Waals surface area (Å²) in [5.41, 5.74) is 2.41. The van der Waals surface area contributed by atoms with Crippen molar-refractivity contribution in [2.75, 3.05) is 32.8 Å². The number of nitrogens with zero attached hydrogens (tertiary/aromatic N) is 1. The van der Waals surface area contributed by atoms with Gasteiger partial charge in [-0.05, 0) is 57.3 Å². The highest BCUT2D eigenvalue weighted by Crippen LogP contribution is 2.32. The van der Waals surface area contributed by atoms with E-state index < -0.39 is 0 Å². The van der Waals surface area contributed by atoms with Crippen molar-refractivity contribution in [2.24, 2.45) is 0 Å². The van der Waals surface area contributed by atoms with Crippen molar-refractivity contribution in [2.45, 2.75) is 32.6 Å². The molecule has 1 aliphatic rings. The molecular formula is C18H28N2O. The lowest BCUT2D eigenvalue weighted by atomic mass is 9.89. The van der Waals surface area contributed by atoms with Crippen LogP contribution in [0.25, 0.3) is 0 Å². The number of ether oxygens (including phenoxy) is 1. The van der Waals surface area contributed by atoms with E-state index in [1.54, 1.807) is 0 Å². The number of hydrogen-bond donors (Lipinski definition) is 1. The highest BCUT2D eigenvalue weighted by atomic mass is 16.5. The first kappa shape index (κ1) is 15.9. The van der Waals surface area contributed by atoms with Crippen LogP contribution in [0.3, 0.4) is 0 Å². The number of piperidine rings is 1. The normalized spacial score (nSPS) is 15.7. The third-order valence-electron chi connectivity index (χ3n) is 4.30. The Morgan fingerprint density at radius 1 is 1.24 bits per heavy atom. The average molecular weight is 288 g/mol. The van der Waals surface area contributed by atoms with Crippen molar-refractivity contribution in [3.63, 3.8) is 0 Å². The van der Waals surface area contributed by atoms with Crippen molar-refractivity contribution in [3.8, 4) is 5.75 Å². The van der Waals surface area contributed by atoms with Gasteiger partial charge in [-0.25, -0.2) is 0 Å². The molecule has 3 nitrogen and oxygen atoms in total. The molecule has 116 valence electrons. The Balaban J connectivity index is 2.01. The van der Waals surface area contributed by atoms with Crippen LogP contribution < -0.4 is 10.1 Å². The van der Waals surface area contributed by atoms with E-state index in [1.165, 1.54) is 18.4 Å². The quantitative estimate of drug-likeness (QED) is 0.832. The topological polar surface area (TPSA) is 24.5 Å². The fourth-order valence-electron chi connectivity index (χ4n) is 3.01. The minimum atomic E-state index is 0.573. The van der Waals surface area contributed by atoms with Gasteiger partial charge >= 0.3 is 0 Å². The SMILES string of the molecule is C=C(COc1ccccc1C1CCNCC1)N(CC)CC. The molecule has 0 radical (unpaired) electrons. The Hall–Kier alpha value is -1.48. The van der Waals surface area contributed by atoms with Crippen LogP contribution in [0.4, 0.5) is 0 Å². The summed E-state index contributed by atoms with van der Waals surface area (Å²) in [6, 6.07) is 8.47. The van der Waals surface area contributed by atoms with Crippen LogP contribution in [-0.2, 0) is 0 Å². The zero-order valence-corrected chi connectivity index (χ0v) is 13.4. The number of hydrogen-bond acceptors (Lipinski definition) is 3. The molecule has 3 heteroatoms. The molecule has 1 fully saturated rings. The summed E-state index contributed by atoms with van der Waals surface area (Å²) in [5, 5.41) is 3.42. The van der Waals surface area contributed by atoms with Crippen LogP contribution in [0.5, 0.6) is 5.75 Å². The van der Waals surface area contributed by atoms with Gasteiger partial charge in [0, 0.05) is 18.8 Å². The Morgan fingerprint density at radius 3 is 2.57 bits per heavy atom. The van der Waals surface area contributed by atoms with Crippen LogP contribution in [0.15, 0.2) is 36.5 Å². The van der Waals surface area contributed by atoms with Gasteiger partial charge in [0.1, 0.15) is 12.4 Å². The standard InChI is InChI=1S/C18H28N2O/c1-4-20(5-2)15(3)14-21-18-9-7-6-8-17(18)16-10-12-19-13-11-16/h6-9,16,19H,3-5,10-14H2,1-2H3. The van der Waals surface area contributed by atoms with Gasteiger partial charge in [0.05, 0.1) is 0 Å². The predicted molar refractivity (Wildman–Crippen MR) is 88.8 cm³/mol. The summed E-state index contributed by atoms with van der Waals surface area (Å²) < 4.78 is 6.08. The Kier molecular flexibility index (Phi) is 6.12. The average Bonchev–Trinajstić information content (AvgIpc) is 2.55. The van der Waals surface area contributed by atoms with Gasteiger partial charge in [-0.15, -0.1) is 0 Å². The van der Waals surface area contributed by atoms with Crippen molar-refractivity contribution < 1.29 is 4.74 Å². The van der Waals surface area contributed by atoms with Crippen LogP contribution in [0.1, 0.15) is 38.2 Å². The summed E-state index contributed by atoms with van der Waals surface area (Å²) in [5.74, 6) is 1.64. The van der Waals surface area contributed by atoms with Crippen LogP contribution in [0.2, 0.25) is 0 Å². The van der Waals surface area contributed by atoms with E-state index in [9.17, 15) is 0 Å². The second-order valence-corrected chi connectivity index (χ2v) is 5.59. The molecule has 0 amide bonds. The van der Waals surface area contributed by atoms with Crippen LogP contribution in [-0.4, -0.2) is 37.7 Å². The number of likely N-dealkylation sites (N-methyl/N-ethyl adjacent to an activating group) is 1. The van der Waals surface area contributed by atoms with Crippen molar-refractivity contribution in [1.29, 1.82) is 0 Å². The maximum Gasteiger partial charge on any atom is 0.127 e. The van der Waals surface area contributed by atoms with E-state index in [0.717, 1.165) is 37.6 Å². The number of benzene rings is 1. The van der Waals surface area contributed by atoms with Gasteiger partial charge in [-0.3, -0.25) is 0 Å². The molecule has 2 rings (SSSR count). The lowest BCUT2D eigenvalue weighted by Gasteiger charge is -2.26. The van der Waals surface area contributed by atoms with Gasteiger partial charge in [-0.1, -0.05) is 24.8 Å². The maximum absolute atomic E-state index is 6.08. The molecule has 0 unspecified atom stereocenters. The fraction of sp³-hybridized carbons (Fsp3) is 0.556. The van der Waals surface area contributed by atoms with Crippen LogP contribution >= 0.6 is 0 Å². The maximum atomic E-state index is 6.08. The van der Waals surface area contributed by atoms with Crippen molar-refractivity contribution >= 4 is 0 Å². The largest absolute Gasteiger partial charge is 0.487 e. The highest BCUT2D eigenvalue weighted by molar-refractivity contribution is 5.36. The first-order chi connectivity index (χ1) is 10.3. The van der Waals surface area contributed by atoms with Gasteiger partial charge in [-0.2, -0.15) is 0 Å². The van der Waals surface area contributed by atoms with E-state index in [2.05, 4.69) is 54.9 Å². The summed E-state index contributed by atoms with van der Waals surface area (Å²) >= 11 is 0. The van der Waals surface area contributed by atoms with Crippen LogP contribution in [0, 0.1) is 0 Å². The molecular weight excluding hydrogens is 260 g/mol. The molecule has 1 aromatic rings. The number of para-hydroxylation sites is 1. The zero-order valence-electron chi connectivity index (χ0n) is 13.4. The molecule has 0 saturated carbocycles. The molecule has 0 bridgehead atoms. The predicted octanol–water partition coefficient (Wildman–Crippen LogP) is 3.39. The molecule has 0 aromatic heterocycles. The Morgan fingerprint density at radius 2 is 1.90 bits per heavy atom. The minimum Gasteiger partial charge on any atom is -0.487 e. The molecule has 1 aliphatic heterocycles. The number of rotatable bonds is 7. The first-order valence-corrected chi connectivity index (χ1v) is 8.11. The lowest BCUT2D eigenvalue weighted by molar-refractivity contribution is 0.276. The van der Waals surface area contributed by atoms with E-state index in [4.69, 9.17) is 4.74 Å². The third kappa shape index (κ3) is 4.24. The molecule has 0 aliphatic carbocycles. The molecule has 1 heterocycles. The second-order valence-electron chi connectivity index (χ2n) is 5.59. The third-order valence-corrected chi connectivity index (χ3v) is 4.30. The lowest BCUT2D eigenvalue weighted by Crippen LogP contribution is -2.27. The summed E-state index contributed by atoms with van der Waals surface area (Å²) in [4.78, 5) is 2.24. The van der Waals surface area contributed by atoms with Gasteiger partial charge in [0.15, 0.2) is 0 Å². The Labute approximate surface area is 129 Å². The van der Waals surface area contributed by atoms with Crippen molar-refractivity contribution in [1.82, 2.24) is 10.2 Å². The molecule has 1 saturated heterocycles. The summed E-state index contributed by atoms with van der Waals surface area (Å²) in [6.07, 6.45) is 2.38. The molecule has 0 atom stereocenters.